The molecule has 1 aliphatic heterocycles. The van der Waals surface area contributed by atoms with E-state index in [0.29, 0.717) is 16.9 Å². The van der Waals surface area contributed by atoms with Gasteiger partial charge in [0.1, 0.15) is 5.75 Å². The first-order valence-corrected chi connectivity index (χ1v) is 10.9. The maximum Gasteiger partial charge on any atom is 0.387 e. The second-order valence-corrected chi connectivity index (χ2v) is 8.54. The number of hydrogen-bond donors (Lipinski definition) is 0. The van der Waals surface area contributed by atoms with Crippen LogP contribution in [-0.4, -0.2) is 26.1 Å². The van der Waals surface area contributed by atoms with Crippen molar-refractivity contribution in [2.75, 3.05) is 13.2 Å². The summed E-state index contributed by atoms with van der Waals surface area (Å²) < 4.78 is 41.9. The van der Waals surface area contributed by atoms with Crippen LogP contribution < -0.4 is 4.74 Å². The largest absolute Gasteiger partial charge is 0.434 e. The Balaban J connectivity index is 1.44. The van der Waals surface area contributed by atoms with Crippen LogP contribution in [0.2, 0.25) is 5.02 Å². The fraction of sp³-hybridized carbons (Fsp3) is 0.727. The second kappa shape index (κ2) is 10.7. The summed E-state index contributed by atoms with van der Waals surface area (Å²) in [5.74, 6) is 1.65. The van der Waals surface area contributed by atoms with Crippen molar-refractivity contribution in [2.24, 2.45) is 11.8 Å². The van der Waals surface area contributed by atoms with Gasteiger partial charge in [0.05, 0.1) is 13.2 Å². The van der Waals surface area contributed by atoms with Crippen molar-refractivity contribution in [2.45, 2.75) is 77.1 Å². The van der Waals surface area contributed by atoms with Gasteiger partial charge in [0.25, 0.3) is 0 Å². The number of rotatable bonds is 8. The van der Waals surface area contributed by atoms with Gasteiger partial charge >= 0.3 is 6.61 Å². The predicted molar refractivity (Wildman–Crippen MR) is 106 cm³/mol. The van der Waals surface area contributed by atoms with Gasteiger partial charge in [-0.25, -0.2) is 0 Å². The molecule has 1 aromatic carbocycles. The summed E-state index contributed by atoms with van der Waals surface area (Å²) in [4.78, 5) is 0. The second-order valence-electron chi connectivity index (χ2n) is 8.11. The first-order chi connectivity index (χ1) is 13.5. The van der Waals surface area contributed by atoms with Gasteiger partial charge in [-0.3, -0.25) is 0 Å². The number of alkyl halides is 2. The molecule has 0 unspecified atom stereocenters. The van der Waals surface area contributed by atoms with E-state index in [-0.39, 0.29) is 18.0 Å². The molecule has 0 bridgehead atoms. The van der Waals surface area contributed by atoms with Crippen LogP contribution in [0.5, 0.6) is 5.75 Å². The van der Waals surface area contributed by atoms with E-state index in [1.807, 2.05) is 6.07 Å². The molecule has 0 N–H and O–H groups in total. The van der Waals surface area contributed by atoms with Crippen LogP contribution in [0.1, 0.15) is 69.8 Å². The third-order valence-corrected chi connectivity index (χ3v) is 6.26. The van der Waals surface area contributed by atoms with Crippen molar-refractivity contribution in [3.63, 3.8) is 0 Å². The molecule has 1 saturated carbocycles. The van der Waals surface area contributed by atoms with Crippen LogP contribution in [0.4, 0.5) is 8.78 Å². The lowest BCUT2D eigenvalue weighted by atomic mass is 9.77. The highest BCUT2D eigenvalue weighted by atomic mass is 35.5. The van der Waals surface area contributed by atoms with E-state index in [1.165, 1.54) is 18.9 Å². The summed E-state index contributed by atoms with van der Waals surface area (Å²) in [6.45, 7) is 0.986. The summed E-state index contributed by atoms with van der Waals surface area (Å²) in [7, 11) is 0. The molecular formula is C22H31ClF2O3. The molecule has 2 fully saturated rings. The zero-order valence-corrected chi connectivity index (χ0v) is 17.3. The van der Waals surface area contributed by atoms with E-state index in [2.05, 4.69) is 6.92 Å². The molecule has 28 heavy (non-hydrogen) atoms. The van der Waals surface area contributed by atoms with Gasteiger partial charge < -0.3 is 14.2 Å². The van der Waals surface area contributed by atoms with E-state index >= 15 is 0 Å². The quantitative estimate of drug-likeness (QED) is 0.467. The molecule has 1 saturated heterocycles. The third kappa shape index (κ3) is 6.30. The number of ether oxygens (including phenoxy) is 3. The van der Waals surface area contributed by atoms with Crippen LogP contribution in [0.15, 0.2) is 18.2 Å². The Morgan fingerprint density at radius 2 is 1.75 bits per heavy atom. The highest BCUT2D eigenvalue weighted by Crippen LogP contribution is 2.42. The fourth-order valence-electron chi connectivity index (χ4n) is 4.50. The Kier molecular flexibility index (Phi) is 8.36. The van der Waals surface area contributed by atoms with E-state index < -0.39 is 6.61 Å². The first kappa shape index (κ1) is 21.8. The summed E-state index contributed by atoms with van der Waals surface area (Å²) >= 11 is 5.96. The molecular weight excluding hydrogens is 386 g/mol. The summed E-state index contributed by atoms with van der Waals surface area (Å²) in [6.07, 6.45) is 8.45. The average molecular weight is 417 g/mol. The fourth-order valence-corrected chi connectivity index (χ4v) is 4.66. The molecule has 1 aliphatic carbocycles. The first-order valence-electron chi connectivity index (χ1n) is 10.5. The van der Waals surface area contributed by atoms with Crippen LogP contribution in [0.3, 0.4) is 0 Å². The van der Waals surface area contributed by atoms with Gasteiger partial charge in [-0.05, 0) is 74.5 Å². The average Bonchev–Trinajstić information content (AvgIpc) is 2.68. The zero-order chi connectivity index (χ0) is 19.9. The minimum atomic E-state index is -2.83. The van der Waals surface area contributed by atoms with Gasteiger partial charge in [-0.2, -0.15) is 8.78 Å². The highest BCUT2D eigenvalue weighted by Gasteiger charge is 2.27. The zero-order valence-electron chi connectivity index (χ0n) is 16.5. The van der Waals surface area contributed by atoms with Crippen molar-refractivity contribution < 1.29 is 23.0 Å². The highest BCUT2D eigenvalue weighted by molar-refractivity contribution is 6.30. The lowest BCUT2D eigenvalue weighted by molar-refractivity contribution is -0.205. The van der Waals surface area contributed by atoms with E-state index in [4.69, 9.17) is 25.8 Å². The molecule has 1 aromatic rings. The molecule has 0 radical (unpaired) electrons. The molecule has 0 spiro atoms. The number of hydrogen-bond acceptors (Lipinski definition) is 3. The molecule has 3 nitrogen and oxygen atoms in total. The Hall–Kier alpha value is -0.910. The molecule has 0 aromatic heterocycles. The van der Waals surface area contributed by atoms with Gasteiger partial charge in [0, 0.05) is 10.9 Å². The Bertz CT molecular complexity index is 597. The lowest BCUT2D eigenvalue weighted by Crippen LogP contribution is -2.32. The normalized spacial score (nSPS) is 28.5. The van der Waals surface area contributed by atoms with Gasteiger partial charge in [0.2, 0.25) is 0 Å². The maximum absolute atomic E-state index is 12.7. The molecule has 1 heterocycles. The summed E-state index contributed by atoms with van der Waals surface area (Å²) in [5, 5.41) is 0.418. The topological polar surface area (TPSA) is 27.7 Å². The summed E-state index contributed by atoms with van der Waals surface area (Å²) in [5.41, 5.74) is 0.851. The SMILES string of the molecule is CCCC1COC(CCC2CCC(c3ccc(Cl)cc3OC(F)F)CC2)OC1. The van der Waals surface area contributed by atoms with Crippen LogP contribution >= 0.6 is 11.6 Å². The van der Waals surface area contributed by atoms with Crippen molar-refractivity contribution in [1.82, 2.24) is 0 Å². The minimum Gasteiger partial charge on any atom is -0.434 e. The maximum atomic E-state index is 12.7. The van der Waals surface area contributed by atoms with Crippen LogP contribution in [0, 0.1) is 11.8 Å². The van der Waals surface area contributed by atoms with Crippen molar-refractivity contribution >= 4 is 11.6 Å². The Labute approximate surface area is 171 Å². The van der Waals surface area contributed by atoms with Crippen molar-refractivity contribution in [3.05, 3.63) is 28.8 Å². The number of halogens is 3. The standard InChI is InChI=1S/C22H31ClF2O3/c1-2-3-16-13-26-21(27-14-16)11-6-15-4-7-17(8-5-15)19-10-9-18(23)12-20(19)28-22(24)25/h9-10,12,15-17,21-22H,2-8,11,13-14H2,1H3. The van der Waals surface area contributed by atoms with E-state index in [9.17, 15) is 8.78 Å². The number of benzene rings is 1. The Morgan fingerprint density at radius 1 is 1.04 bits per heavy atom. The monoisotopic (exact) mass is 416 g/mol. The molecule has 6 heteroatoms. The summed E-state index contributed by atoms with van der Waals surface area (Å²) in [6, 6.07) is 5.09. The predicted octanol–water partition coefficient (Wildman–Crippen LogP) is 6.78. The van der Waals surface area contributed by atoms with Crippen LogP contribution in [-0.2, 0) is 9.47 Å². The molecule has 158 valence electrons. The van der Waals surface area contributed by atoms with Gasteiger partial charge in [-0.15, -0.1) is 0 Å². The van der Waals surface area contributed by atoms with Gasteiger partial charge in [-0.1, -0.05) is 31.0 Å². The van der Waals surface area contributed by atoms with E-state index in [1.54, 1.807) is 6.07 Å². The van der Waals surface area contributed by atoms with Gasteiger partial charge in [0.15, 0.2) is 6.29 Å². The van der Waals surface area contributed by atoms with E-state index in [0.717, 1.165) is 57.3 Å². The van der Waals surface area contributed by atoms with Crippen molar-refractivity contribution in [1.29, 1.82) is 0 Å². The molecule has 3 rings (SSSR count). The minimum absolute atomic E-state index is 0.0619. The smallest absolute Gasteiger partial charge is 0.387 e. The molecule has 2 aliphatic rings. The molecule has 0 amide bonds. The molecule has 0 atom stereocenters. The third-order valence-electron chi connectivity index (χ3n) is 6.02. The van der Waals surface area contributed by atoms with Crippen molar-refractivity contribution in [3.8, 4) is 5.75 Å². The van der Waals surface area contributed by atoms with Crippen LogP contribution in [0.25, 0.3) is 0 Å². The lowest BCUT2D eigenvalue weighted by Gasteiger charge is -2.32. The Morgan fingerprint density at radius 3 is 2.39 bits per heavy atom.